The molecule has 2 aromatic rings. The van der Waals surface area contributed by atoms with E-state index < -0.39 is 11.4 Å². The number of carbonyl (C=O) groups excluding carboxylic acids is 1. The summed E-state index contributed by atoms with van der Waals surface area (Å²) in [6.07, 6.45) is 0.362. The number of phenols is 1. The van der Waals surface area contributed by atoms with Crippen molar-refractivity contribution in [2.75, 3.05) is 37.7 Å². The predicted molar refractivity (Wildman–Crippen MR) is 140 cm³/mol. The van der Waals surface area contributed by atoms with Crippen LogP contribution in [0, 0.1) is 5.41 Å². The van der Waals surface area contributed by atoms with Crippen molar-refractivity contribution in [3.63, 3.8) is 0 Å². The van der Waals surface area contributed by atoms with Crippen LogP contribution in [0.2, 0.25) is 0 Å². The van der Waals surface area contributed by atoms with Gasteiger partial charge in [-0.05, 0) is 54.7 Å². The number of aliphatic carboxylic acids is 1. The van der Waals surface area contributed by atoms with Crippen LogP contribution in [0.25, 0.3) is 0 Å². The molecule has 0 saturated carbocycles. The van der Waals surface area contributed by atoms with E-state index in [9.17, 15) is 14.7 Å². The number of carbonyl (C=O) groups is 2. The summed E-state index contributed by atoms with van der Waals surface area (Å²) in [4.78, 5) is 28.1. The van der Waals surface area contributed by atoms with E-state index >= 15 is 0 Å². The van der Waals surface area contributed by atoms with Crippen molar-refractivity contribution in [2.24, 2.45) is 0 Å². The average Bonchev–Trinajstić information content (AvgIpc) is 3.42. The van der Waals surface area contributed by atoms with Crippen LogP contribution in [0.5, 0.6) is 11.5 Å². The maximum absolute atomic E-state index is 13.5. The fourth-order valence-electron chi connectivity index (χ4n) is 4.91. The lowest BCUT2D eigenvalue weighted by atomic mass is 9.84. The van der Waals surface area contributed by atoms with Gasteiger partial charge in [0.1, 0.15) is 23.9 Å². The summed E-state index contributed by atoms with van der Waals surface area (Å²) in [5.74, 6) is 0.00320. The van der Waals surface area contributed by atoms with E-state index in [2.05, 4.69) is 0 Å². The molecule has 2 aliphatic heterocycles. The normalized spacial score (nSPS) is 17.3. The molecule has 4 rings (SSSR count). The van der Waals surface area contributed by atoms with Crippen LogP contribution < -0.4 is 9.64 Å². The molecular weight excluding hydrogens is 474 g/mol. The third-order valence-corrected chi connectivity index (χ3v) is 6.80. The van der Waals surface area contributed by atoms with E-state index in [0.29, 0.717) is 55.3 Å². The van der Waals surface area contributed by atoms with Crippen LogP contribution in [0.4, 0.5) is 5.69 Å². The minimum absolute atomic E-state index is 0.0373. The SMILES string of the molecule is CCOc1ccc2c(c1)CN(CC(=O)c1cc(N3CCC(OCC(=O)O)C3)c(O)c(C(C)(C)C)c1)C2=N. The van der Waals surface area contributed by atoms with Crippen molar-refractivity contribution in [1.82, 2.24) is 4.90 Å². The molecule has 198 valence electrons. The number of carboxylic acids is 1. The Morgan fingerprint density at radius 1 is 1.19 bits per heavy atom. The molecule has 9 nitrogen and oxygen atoms in total. The number of fused-ring (bicyclic) bond motifs is 1. The fourth-order valence-corrected chi connectivity index (χ4v) is 4.91. The molecule has 2 aromatic carbocycles. The van der Waals surface area contributed by atoms with Gasteiger partial charge >= 0.3 is 5.97 Å². The average molecular weight is 510 g/mol. The highest BCUT2D eigenvalue weighted by atomic mass is 16.5. The van der Waals surface area contributed by atoms with Gasteiger partial charge in [0.2, 0.25) is 0 Å². The molecule has 1 atom stereocenters. The number of nitrogens with zero attached hydrogens (tertiary/aromatic N) is 2. The summed E-state index contributed by atoms with van der Waals surface area (Å²) < 4.78 is 11.0. The van der Waals surface area contributed by atoms with Crippen molar-refractivity contribution in [1.29, 1.82) is 5.41 Å². The molecule has 0 aliphatic carbocycles. The van der Waals surface area contributed by atoms with Gasteiger partial charge in [0, 0.05) is 36.3 Å². The van der Waals surface area contributed by atoms with E-state index in [1.165, 1.54) is 0 Å². The Morgan fingerprint density at radius 3 is 2.62 bits per heavy atom. The van der Waals surface area contributed by atoms with Crippen LogP contribution >= 0.6 is 0 Å². The molecule has 1 saturated heterocycles. The summed E-state index contributed by atoms with van der Waals surface area (Å²) in [7, 11) is 0. The lowest BCUT2D eigenvalue weighted by Crippen LogP contribution is -2.31. The van der Waals surface area contributed by atoms with Gasteiger partial charge in [0.05, 0.1) is 24.9 Å². The molecule has 0 spiro atoms. The maximum Gasteiger partial charge on any atom is 0.329 e. The quantitative estimate of drug-likeness (QED) is 0.436. The molecule has 0 radical (unpaired) electrons. The van der Waals surface area contributed by atoms with Crippen molar-refractivity contribution >= 4 is 23.3 Å². The number of hydrogen-bond donors (Lipinski definition) is 3. The van der Waals surface area contributed by atoms with Gasteiger partial charge in [-0.2, -0.15) is 0 Å². The van der Waals surface area contributed by atoms with Crippen LogP contribution in [-0.4, -0.2) is 71.7 Å². The lowest BCUT2D eigenvalue weighted by molar-refractivity contribution is -0.143. The number of ketones is 1. The number of rotatable bonds is 9. The fraction of sp³-hybridized carbons (Fsp3) is 0.464. The van der Waals surface area contributed by atoms with Crippen LogP contribution in [-0.2, 0) is 21.5 Å². The molecule has 0 bridgehead atoms. The van der Waals surface area contributed by atoms with Crippen LogP contribution in [0.3, 0.4) is 0 Å². The number of ether oxygens (including phenoxy) is 2. The smallest absolute Gasteiger partial charge is 0.329 e. The van der Waals surface area contributed by atoms with Gasteiger partial charge in [-0.25, -0.2) is 4.79 Å². The largest absolute Gasteiger partial charge is 0.505 e. The number of aromatic hydroxyl groups is 1. The Bertz CT molecular complexity index is 1220. The number of anilines is 1. The van der Waals surface area contributed by atoms with Gasteiger partial charge in [0.15, 0.2) is 5.78 Å². The van der Waals surface area contributed by atoms with Crippen molar-refractivity contribution in [3.8, 4) is 11.5 Å². The standard InChI is InChI=1S/C28H35N3O6/c1-5-36-19-6-7-21-18(10-19)13-31(27(21)29)15-24(32)17-11-22(28(2,3)4)26(35)23(12-17)30-9-8-20(14-30)37-16-25(33)34/h6-7,10-12,20,29,35H,5,8-9,13-16H2,1-4H3,(H,33,34). The lowest BCUT2D eigenvalue weighted by Gasteiger charge is -2.27. The van der Waals surface area contributed by atoms with Gasteiger partial charge in [0.25, 0.3) is 0 Å². The molecule has 3 N–H and O–H groups in total. The number of benzene rings is 2. The van der Waals surface area contributed by atoms with Gasteiger partial charge in [-0.3, -0.25) is 10.2 Å². The highest BCUT2D eigenvalue weighted by Gasteiger charge is 2.31. The third-order valence-electron chi connectivity index (χ3n) is 6.80. The minimum Gasteiger partial charge on any atom is -0.505 e. The molecular formula is C28H35N3O6. The minimum atomic E-state index is -1.02. The van der Waals surface area contributed by atoms with E-state index in [0.717, 1.165) is 16.9 Å². The van der Waals surface area contributed by atoms with Crippen LogP contribution in [0.1, 0.15) is 61.2 Å². The number of nitrogens with one attached hydrogen (secondary N) is 1. The number of carboxylic acid groups (broad SMARTS) is 1. The Morgan fingerprint density at radius 2 is 1.95 bits per heavy atom. The van der Waals surface area contributed by atoms with Gasteiger partial charge < -0.3 is 29.5 Å². The third kappa shape index (κ3) is 5.72. The molecule has 1 unspecified atom stereocenters. The zero-order chi connectivity index (χ0) is 26.9. The Kier molecular flexibility index (Phi) is 7.45. The number of amidine groups is 1. The first-order valence-electron chi connectivity index (χ1n) is 12.6. The second kappa shape index (κ2) is 10.4. The molecule has 9 heteroatoms. The maximum atomic E-state index is 13.5. The Labute approximate surface area is 217 Å². The molecule has 37 heavy (non-hydrogen) atoms. The molecule has 0 amide bonds. The monoisotopic (exact) mass is 509 g/mol. The highest BCUT2D eigenvalue weighted by Crippen LogP contribution is 2.41. The van der Waals surface area contributed by atoms with E-state index in [4.69, 9.17) is 20.0 Å². The summed E-state index contributed by atoms with van der Waals surface area (Å²) in [5.41, 5.74) is 2.99. The number of phenolic OH excluding ortho intramolecular Hbond substituents is 1. The van der Waals surface area contributed by atoms with Crippen molar-refractivity contribution in [3.05, 3.63) is 52.6 Å². The first-order chi connectivity index (χ1) is 17.5. The summed E-state index contributed by atoms with van der Waals surface area (Å²) in [6, 6.07) is 9.07. The second-order valence-electron chi connectivity index (χ2n) is 10.6. The molecule has 1 fully saturated rings. The Balaban J connectivity index is 1.57. The van der Waals surface area contributed by atoms with Crippen molar-refractivity contribution < 1.29 is 29.3 Å². The molecule has 0 aromatic heterocycles. The number of hydrogen-bond acceptors (Lipinski definition) is 7. The van der Waals surface area contributed by atoms with E-state index in [1.54, 1.807) is 17.0 Å². The first kappa shape index (κ1) is 26.5. The summed E-state index contributed by atoms with van der Waals surface area (Å²) in [5, 5.41) is 28.7. The van der Waals surface area contributed by atoms with Gasteiger partial charge in [-0.15, -0.1) is 0 Å². The Hall–Kier alpha value is -3.59. The number of Topliss-reactive ketones (excluding diaryl/α,β-unsaturated/α-hetero) is 1. The molecule has 2 aliphatic rings. The van der Waals surface area contributed by atoms with E-state index in [1.807, 2.05) is 50.8 Å². The van der Waals surface area contributed by atoms with Crippen LogP contribution in [0.15, 0.2) is 30.3 Å². The molecule has 2 heterocycles. The summed E-state index contributed by atoms with van der Waals surface area (Å²) in [6.45, 7) is 9.53. The van der Waals surface area contributed by atoms with E-state index in [-0.39, 0.29) is 30.8 Å². The highest BCUT2D eigenvalue weighted by molar-refractivity contribution is 6.05. The zero-order valence-electron chi connectivity index (χ0n) is 21.8. The first-order valence-corrected chi connectivity index (χ1v) is 12.6. The summed E-state index contributed by atoms with van der Waals surface area (Å²) >= 11 is 0. The second-order valence-corrected chi connectivity index (χ2v) is 10.6. The predicted octanol–water partition coefficient (Wildman–Crippen LogP) is 3.79. The zero-order valence-corrected chi connectivity index (χ0v) is 21.8. The topological polar surface area (TPSA) is 123 Å². The van der Waals surface area contributed by atoms with Gasteiger partial charge in [-0.1, -0.05) is 20.8 Å². The van der Waals surface area contributed by atoms with Crippen molar-refractivity contribution in [2.45, 2.75) is 52.2 Å².